The molecule has 1 unspecified atom stereocenters. The van der Waals surface area contributed by atoms with Gasteiger partial charge in [0, 0.05) is 18.3 Å². The number of amides is 2. The molecule has 4 aromatic rings. The summed E-state index contributed by atoms with van der Waals surface area (Å²) in [5.74, 6) is 0.0529. The maximum absolute atomic E-state index is 13.9. The largest absolute Gasteiger partial charge is 0.463 e. The predicted molar refractivity (Wildman–Crippen MR) is 129 cm³/mol. The van der Waals surface area contributed by atoms with E-state index in [1.165, 1.54) is 0 Å². The van der Waals surface area contributed by atoms with Crippen LogP contribution >= 0.6 is 0 Å². The molecule has 1 atom stereocenters. The second-order valence-corrected chi connectivity index (χ2v) is 8.85. The van der Waals surface area contributed by atoms with Crippen molar-refractivity contribution in [3.63, 3.8) is 0 Å². The van der Waals surface area contributed by atoms with Crippen molar-refractivity contribution in [2.45, 2.75) is 39.4 Å². The zero-order chi connectivity index (χ0) is 23.9. The van der Waals surface area contributed by atoms with Gasteiger partial charge in [-0.2, -0.15) is 5.10 Å². The minimum absolute atomic E-state index is 0.211. The molecule has 1 N–H and O–H groups in total. The lowest BCUT2D eigenvalue weighted by molar-refractivity contribution is -0.126. The Kier molecular flexibility index (Phi) is 5.32. The van der Waals surface area contributed by atoms with Crippen molar-refractivity contribution in [1.29, 1.82) is 0 Å². The number of hydrogen-bond donors (Lipinski definition) is 1. The quantitative estimate of drug-likeness (QED) is 0.482. The number of anilines is 1. The number of fused-ring (bicyclic) bond motifs is 1. The van der Waals surface area contributed by atoms with E-state index >= 15 is 0 Å². The Morgan fingerprint density at radius 3 is 2.62 bits per heavy atom. The molecule has 1 aliphatic heterocycles. The summed E-state index contributed by atoms with van der Waals surface area (Å²) in [6, 6.07) is 20.8. The third kappa shape index (κ3) is 3.59. The second kappa shape index (κ2) is 8.33. The maximum atomic E-state index is 13.9. The summed E-state index contributed by atoms with van der Waals surface area (Å²) in [5.41, 5.74) is 3.49. The molecule has 2 aromatic heterocycles. The number of rotatable bonds is 5. The highest BCUT2D eigenvalue weighted by molar-refractivity contribution is 6.12. The third-order valence-electron chi connectivity index (χ3n) is 6.53. The van der Waals surface area contributed by atoms with Crippen LogP contribution in [0, 0.1) is 13.8 Å². The number of furan rings is 1. The van der Waals surface area contributed by atoms with Crippen LogP contribution in [0.1, 0.15) is 34.1 Å². The molecule has 0 saturated carbocycles. The average molecular weight is 455 g/mol. The lowest BCUT2D eigenvalue weighted by Crippen LogP contribution is -2.64. The fraction of sp³-hybridized carbons (Fsp3) is 0.222. The number of carbonyl (C=O) groups is 2. The summed E-state index contributed by atoms with van der Waals surface area (Å²) in [6.07, 6.45) is 1.57. The maximum Gasteiger partial charge on any atom is 0.277 e. The highest BCUT2D eigenvalue weighted by Gasteiger charge is 2.49. The van der Waals surface area contributed by atoms with Crippen LogP contribution in [-0.2, 0) is 17.9 Å². The molecule has 0 fully saturated rings. The van der Waals surface area contributed by atoms with Crippen LogP contribution in [0.4, 0.5) is 5.69 Å². The molecule has 0 radical (unpaired) electrons. The zero-order valence-electron chi connectivity index (χ0n) is 19.4. The Morgan fingerprint density at radius 1 is 1.09 bits per heavy atom. The minimum Gasteiger partial charge on any atom is -0.463 e. The van der Waals surface area contributed by atoms with E-state index in [0.29, 0.717) is 29.4 Å². The van der Waals surface area contributed by atoms with Gasteiger partial charge in [-0.15, -0.1) is 0 Å². The first-order valence-corrected chi connectivity index (χ1v) is 11.2. The third-order valence-corrected chi connectivity index (χ3v) is 6.53. The van der Waals surface area contributed by atoms with E-state index in [-0.39, 0.29) is 18.4 Å². The van der Waals surface area contributed by atoms with E-state index in [2.05, 4.69) is 10.4 Å². The number of benzene rings is 2. The van der Waals surface area contributed by atoms with Crippen molar-refractivity contribution in [3.05, 3.63) is 95.4 Å². The van der Waals surface area contributed by atoms with Gasteiger partial charge in [0.1, 0.15) is 16.9 Å². The van der Waals surface area contributed by atoms with Crippen molar-refractivity contribution >= 4 is 17.5 Å². The van der Waals surface area contributed by atoms with E-state index in [1.54, 1.807) is 41.0 Å². The molecule has 172 valence electrons. The highest BCUT2D eigenvalue weighted by atomic mass is 16.3. The molecule has 7 nitrogen and oxygen atoms in total. The van der Waals surface area contributed by atoms with Crippen molar-refractivity contribution in [1.82, 2.24) is 15.1 Å². The van der Waals surface area contributed by atoms with E-state index in [4.69, 9.17) is 4.42 Å². The summed E-state index contributed by atoms with van der Waals surface area (Å²) in [4.78, 5) is 29.2. The summed E-state index contributed by atoms with van der Waals surface area (Å²) in [5, 5.41) is 7.64. The zero-order valence-corrected chi connectivity index (χ0v) is 19.4. The molecule has 34 heavy (non-hydrogen) atoms. The normalized spacial score (nSPS) is 17.5. The van der Waals surface area contributed by atoms with E-state index < -0.39 is 5.54 Å². The Hall–Kier alpha value is -4.13. The highest BCUT2D eigenvalue weighted by Crippen LogP contribution is 2.36. The molecular formula is C27H26N4O3. The van der Waals surface area contributed by atoms with Gasteiger partial charge in [0.25, 0.3) is 5.91 Å². The first-order valence-electron chi connectivity index (χ1n) is 11.2. The van der Waals surface area contributed by atoms with Crippen LogP contribution in [0.3, 0.4) is 0 Å². The summed E-state index contributed by atoms with van der Waals surface area (Å²) < 4.78 is 7.10. The Balaban J connectivity index is 1.58. The molecule has 0 spiro atoms. The van der Waals surface area contributed by atoms with E-state index in [0.717, 1.165) is 16.7 Å². The van der Waals surface area contributed by atoms with Crippen LogP contribution in [-0.4, -0.2) is 27.1 Å². The fourth-order valence-corrected chi connectivity index (χ4v) is 4.45. The summed E-state index contributed by atoms with van der Waals surface area (Å²) in [7, 11) is 0. The topological polar surface area (TPSA) is 80.4 Å². The van der Waals surface area contributed by atoms with Crippen molar-refractivity contribution < 1.29 is 14.0 Å². The molecule has 1 aliphatic rings. The van der Waals surface area contributed by atoms with Gasteiger partial charge >= 0.3 is 0 Å². The van der Waals surface area contributed by atoms with Gasteiger partial charge in [-0.3, -0.25) is 19.2 Å². The molecule has 2 amide bonds. The van der Waals surface area contributed by atoms with E-state index in [9.17, 15) is 9.59 Å². The molecule has 0 aliphatic carbocycles. The molecule has 3 heterocycles. The first kappa shape index (κ1) is 21.7. The van der Waals surface area contributed by atoms with Gasteiger partial charge in [0.2, 0.25) is 5.91 Å². The van der Waals surface area contributed by atoms with Crippen molar-refractivity contribution in [2.75, 3.05) is 4.90 Å². The Bertz CT molecular complexity index is 1360. The smallest absolute Gasteiger partial charge is 0.277 e. The molecule has 7 heteroatoms. The molecule has 0 bridgehead atoms. The molecular weight excluding hydrogens is 428 g/mol. The molecule has 5 rings (SSSR count). The van der Waals surface area contributed by atoms with Gasteiger partial charge < -0.3 is 9.73 Å². The van der Waals surface area contributed by atoms with Crippen LogP contribution in [0.2, 0.25) is 0 Å². The average Bonchev–Trinajstić information content (AvgIpc) is 3.51. The van der Waals surface area contributed by atoms with Gasteiger partial charge in [-0.05, 0) is 55.7 Å². The van der Waals surface area contributed by atoms with Gasteiger partial charge in [-0.1, -0.05) is 42.5 Å². The van der Waals surface area contributed by atoms with Crippen LogP contribution in [0.15, 0.2) is 77.4 Å². The first-order chi connectivity index (χ1) is 16.4. The number of carbonyl (C=O) groups excluding carboxylic acids is 2. The summed E-state index contributed by atoms with van der Waals surface area (Å²) in [6.45, 7) is 6.35. The summed E-state index contributed by atoms with van der Waals surface area (Å²) >= 11 is 0. The van der Waals surface area contributed by atoms with Crippen LogP contribution < -0.4 is 10.2 Å². The lowest BCUT2D eigenvalue weighted by Gasteiger charge is -2.43. The van der Waals surface area contributed by atoms with Crippen molar-refractivity contribution in [3.8, 4) is 11.5 Å². The van der Waals surface area contributed by atoms with Crippen LogP contribution in [0.5, 0.6) is 0 Å². The number of nitrogens with one attached hydrogen (secondary N) is 1. The van der Waals surface area contributed by atoms with Gasteiger partial charge in [0.05, 0.1) is 12.8 Å². The predicted octanol–water partition coefficient (Wildman–Crippen LogP) is 4.50. The number of aromatic nitrogens is 2. The second-order valence-electron chi connectivity index (χ2n) is 8.85. The van der Waals surface area contributed by atoms with Crippen LogP contribution in [0.25, 0.3) is 11.5 Å². The number of nitrogens with zero attached hydrogens (tertiary/aromatic N) is 3. The standard InChI is InChI=1S/C27H26N4O3/c1-18-9-7-12-22(19(18)2)31-25(32)23-15-21(24-13-8-14-34-24)29-30(23)17-27(31,3)26(33)28-16-20-10-5-4-6-11-20/h4-15H,16-17H2,1-3H3,(H,28,33). The SMILES string of the molecule is Cc1cccc(N2C(=O)c3cc(-c4ccco4)nn3CC2(C)C(=O)NCc2ccccc2)c1C. The fourth-order valence-electron chi connectivity index (χ4n) is 4.45. The van der Waals surface area contributed by atoms with Gasteiger partial charge in [-0.25, -0.2) is 0 Å². The van der Waals surface area contributed by atoms with Gasteiger partial charge in [0.15, 0.2) is 5.76 Å². The number of hydrogen-bond acceptors (Lipinski definition) is 4. The molecule has 0 saturated heterocycles. The van der Waals surface area contributed by atoms with Crippen molar-refractivity contribution in [2.24, 2.45) is 0 Å². The Morgan fingerprint density at radius 2 is 1.88 bits per heavy atom. The Labute approximate surface area is 198 Å². The monoisotopic (exact) mass is 454 g/mol. The van der Waals surface area contributed by atoms with E-state index in [1.807, 2.05) is 62.4 Å². The lowest BCUT2D eigenvalue weighted by atomic mass is 9.92. The minimum atomic E-state index is -1.19. The number of aryl methyl sites for hydroxylation is 1. The molecule has 2 aromatic carbocycles.